The van der Waals surface area contributed by atoms with Crippen molar-refractivity contribution in [2.45, 2.75) is 117 Å². The van der Waals surface area contributed by atoms with Crippen molar-refractivity contribution in [3.05, 3.63) is 46.8 Å². The second-order valence-electron chi connectivity index (χ2n) is 9.48. The van der Waals surface area contributed by atoms with Crippen LogP contribution >= 0.6 is 0 Å². The molecule has 1 heterocycles. The smallest absolute Gasteiger partial charge is 0.249 e. The zero-order valence-corrected chi connectivity index (χ0v) is 20.8. The average Bonchev–Trinajstić information content (AvgIpc) is 3.20. The SMILES string of the molecule is CCCCCCCCCCCC[n+]1nn(CCCCCC)c2c1C(=O)c1ccccc1C2=O. The third-order valence-electron chi connectivity index (χ3n) is 6.75. The predicted octanol–water partition coefficient (Wildman–Crippen LogP) is 6.45. The van der Waals surface area contributed by atoms with Crippen LogP contribution in [-0.2, 0) is 13.1 Å². The molecule has 1 aromatic carbocycles. The van der Waals surface area contributed by atoms with Gasteiger partial charge in [0, 0.05) is 11.1 Å². The van der Waals surface area contributed by atoms with E-state index in [9.17, 15) is 9.59 Å². The number of unbranched alkanes of at least 4 members (excludes halogenated alkanes) is 12. The number of hydrogen-bond acceptors (Lipinski definition) is 3. The lowest BCUT2D eigenvalue weighted by Crippen LogP contribution is -2.43. The van der Waals surface area contributed by atoms with Crippen LogP contribution in [0.2, 0.25) is 0 Å². The lowest BCUT2D eigenvalue weighted by molar-refractivity contribution is -0.757. The van der Waals surface area contributed by atoms with Crippen molar-refractivity contribution in [1.82, 2.24) is 9.90 Å². The highest BCUT2D eigenvalue weighted by atomic mass is 16.1. The molecule has 0 N–H and O–H groups in total. The van der Waals surface area contributed by atoms with Crippen LogP contribution in [-0.4, -0.2) is 21.5 Å². The molecule has 1 aromatic heterocycles. The largest absolute Gasteiger partial charge is 0.284 e. The Labute approximate surface area is 199 Å². The number of hydrogen-bond donors (Lipinski definition) is 0. The number of rotatable bonds is 16. The number of benzene rings is 1. The summed E-state index contributed by atoms with van der Waals surface area (Å²) in [4.78, 5) is 26.6. The van der Waals surface area contributed by atoms with E-state index in [2.05, 4.69) is 13.8 Å². The van der Waals surface area contributed by atoms with Crippen molar-refractivity contribution < 1.29 is 14.3 Å². The molecule has 3 rings (SSSR count). The Hall–Kier alpha value is -2.30. The van der Waals surface area contributed by atoms with Gasteiger partial charge in [-0.05, 0) is 25.7 Å². The fourth-order valence-corrected chi connectivity index (χ4v) is 4.80. The monoisotopic (exact) mass is 452 g/mol. The van der Waals surface area contributed by atoms with E-state index in [1.165, 1.54) is 64.2 Å². The summed E-state index contributed by atoms with van der Waals surface area (Å²) in [6, 6.07) is 7.19. The van der Waals surface area contributed by atoms with Crippen LogP contribution in [0.4, 0.5) is 0 Å². The summed E-state index contributed by atoms with van der Waals surface area (Å²) in [5.74, 6) is -0.128. The number of carbonyl (C=O) groups is 2. The molecule has 0 unspecified atom stereocenters. The molecule has 5 heteroatoms. The van der Waals surface area contributed by atoms with Crippen LogP contribution in [0.25, 0.3) is 0 Å². The Bertz CT molecular complexity index is 916. The zero-order valence-electron chi connectivity index (χ0n) is 20.8. The van der Waals surface area contributed by atoms with Crippen molar-refractivity contribution in [1.29, 1.82) is 0 Å². The minimum atomic E-state index is -0.0648. The molecule has 0 spiro atoms. The van der Waals surface area contributed by atoms with Crippen LogP contribution < -0.4 is 4.68 Å². The highest BCUT2D eigenvalue weighted by Gasteiger charge is 2.42. The van der Waals surface area contributed by atoms with E-state index in [4.69, 9.17) is 5.21 Å². The van der Waals surface area contributed by atoms with Crippen molar-refractivity contribution in [3.63, 3.8) is 0 Å². The van der Waals surface area contributed by atoms with E-state index in [1.54, 1.807) is 16.8 Å². The molecular weight excluding hydrogens is 410 g/mol. The number of aromatic nitrogens is 3. The second kappa shape index (κ2) is 13.4. The van der Waals surface area contributed by atoms with Gasteiger partial charge in [-0.2, -0.15) is 0 Å². The lowest BCUT2D eigenvalue weighted by Gasteiger charge is -2.11. The number of carbonyl (C=O) groups excluding carboxylic acids is 2. The number of aryl methyl sites for hydroxylation is 2. The molecule has 0 saturated heterocycles. The maximum Gasteiger partial charge on any atom is 0.249 e. The fourth-order valence-electron chi connectivity index (χ4n) is 4.80. The van der Waals surface area contributed by atoms with Gasteiger partial charge in [0.05, 0.1) is 5.21 Å². The summed E-state index contributed by atoms with van der Waals surface area (Å²) in [7, 11) is 0. The van der Waals surface area contributed by atoms with Gasteiger partial charge < -0.3 is 0 Å². The lowest BCUT2D eigenvalue weighted by atomic mass is 9.90. The van der Waals surface area contributed by atoms with Crippen molar-refractivity contribution in [2.24, 2.45) is 0 Å². The molecule has 0 fully saturated rings. The summed E-state index contributed by atoms with van der Waals surface area (Å²) < 4.78 is 3.62. The molecular formula is C28H42N3O2+. The highest BCUT2D eigenvalue weighted by Crippen LogP contribution is 2.25. The van der Waals surface area contributed by atoms with Gasteiger partial charge in [0.25, 0.3) is 0 Å². The molecule has 33 heavy (non-hydrogen) atoms. The molecule has 5 nitrogen and oxygen atoms in total. The Morgan fingerprint density at radius 3 is 1.82 bits per heavy atom. The van der Waals surface area contributed by atoms with E-state index in [0.717, 1.165) is 25.7 Å². The molecule has 0 amide bonds. The molecule has 0 radical (unpaired) electrons. The van der Waals surface area contributed by atoms with Crippen molar-refractivity contribution in [2.75, 3.05) is 0 Å². The van der Waals surface area contributed by atoms with Crippen LogP contribution in [0.5, 0.6) is 0 Å². The van der Waals surface area contributed by atoms with E-state index in [1.807, 2.05) is 16.8 Å². The van der Waals surface area contributed by atoms with E-state index < -0.39 is 0 Å². The van der Waals surface area contributed by atoms with Gasteiger partial charge in [-0.15, -0.1) is 9.36 Å². The van der Waals surface area contributed by atoms with Gasteiger partial charge in [0.2, 0.25) is 23.0 Å². The Kier molecular flexibility index (Phi) is 10.3. The van der Waals surface area contributed by atoms with Gasteiger partial charge in [-0.1, -0.05) is 102 Å². The maximum atomic E-state index is 13.3. The first-order chi connectivity index (χ1) is 16.2. The van der Waals surface area contributed by atoms with Gasteiger partial charge in [-0.3, -0.25) is 9.59 Å². The standard InChI is InChI=1S/C28H42N3O2/c1-3-5-7-9-10-11-12-13-14-18-22-31-26-25(30(29-31)21-17-8-6-4-2)27(32)23-19-15-16-20-24(23)28(26)33/h15-16,19-20H,3-14,17-18,21-22H2,1-2H3/q+1. The van der Waals surface area contributed by atoms with Gasteiger partial charge in [-0.25, -0.2) is 0 Å². The Morgan fingerprint density at radius 1 is 0.697 bits per heavy atom. The maximum absolute atomic E-state index is 13.3. The molecule has 1 aliphatic rings. The van der Waals surface area contributed by atoms with E-state index >= 15 is 0 Å². The first-order valence-electron chi connectivity index (χ1n) is 13.4. The Balaban J connectivity index is 1.61. The topological polar surface area (TPSA) is 55.8 Å². The van der Waals surface area contributed by atoms with Crippen LogP contribution in [0.15, 0.2) is 24.3 Å². The molecule has 0 atom stereocenters. The summed E-state index contributed by atoms with van der Waals surface area (Å²) in [5, 5.41) is 4.74. The Morgan fingerprint density at radius 2 is 1.21 bits per heavy atom. The van der Waals surface area contributed by atoms with Gasteiger partial charge in [0.15, 0.2) is 0 Å². The van der Waals surface area contributed by atoms with Gasteiger partial charge >= 0.3 is 0 Å². The molecule has 0 aliphatic heterocycles. The minimum Gasteiger partial charge on any atom is -0.284 e. The third kappa shape index (κ3) is 6.61. The number of ketones is 2. The molecule has 1 aliphatic carbocycles. The minimum absolute atomic E-state index is 0.0629. The number of nitrogens with zero attached hydrogens (tertiary/aromatic N) is 3. The molecule has 0 saturated carbocycles. The normalized spacial score (nSPS) is 12.8. The fraction of sp³-hybridized carbons (Fsp3) is 0.643. The summed E-state index contributed by atoms with van der Waals surface area (Å²) in [5.41, 5.74) is 2.00. The van der Waals surface area contributed by atoms with Crippen LogP contribution in [0, 0.1) is 0 Å². The van der Waals surface area contributed by atoms with Crippen molar-refractivity contribution in [3.8, 4) is 0 Å². The van der Waals surface area contributed by atoms with E-state index in [0.29, 0.717) is 35.6 Å². The molecule has 180 valence electrons. The van der Waals surface area contributed by atoms with Crippen molar-refractivity contribution >= 4 is 11.6 Å². The summed E-state index contributed by atoms with van der Waals surface area (Å²) >= 11 is 0. The summed E-state index contributed by atoms with van der Waals surface area (Å²) in [6.45, 7) is 5.83. The van der Waals surface area contributed by atoms with Crippen LogP contribution in [0.3, 0.4) is 0 Å². The number of fused-ring (bicyclic) bond motifs is 2. The second-order valence-corrected chi connectivity index (χ2v) is 9.48. The van der Waals surface area contributed by atoms with Gasteiger partial charge in [0.1, 0.15) is 13.1 Å². The quantitative estimate of drug-likeness (QED) is 0.185. The molecule has 0 bridgehead atoms. The first kappa shape index (κ1) is 25.3. The van der Waals surface area contributed by atoms with E-state index in [-0.39, 0.29) is 11.6 Å². The zero-order chi connectivity index (χ0) is 23.5. The first-order valence-corrected chi connectivity index (χ1v) is 13.4. The van der Waals surface area contributed by atoms with Crippen LogP contribution in [0.1, 0.15) is 136 Å². The summed E-state index contributed by atoms with van der Waals surface area (Å²) in [6.07, 6.45) is 17.1. The molecule has 2 aromatic rings. The predicted molar refractivity (Wildman–Crippen MR) is 132 cm³/mol. The highest BCUT2D eigenvalue weighted by molar-refractivity contribution is 6.26. The third-order valence-corrected chi connectivity index (χ3v) is 6.75. The average molecular weight is 453 g/mol.